The molecule has 1 aliphatic rings. The fourth-order valence-electron chi connectivity index (χ4n) is 2.99. The van der Waals surface area contributed by atoms with Crippen LogP contribution in [0.4, 0.5) is 11.4 Å². The van der Waals surface area contributed by atoms with Gasteiger partial charge in [0.25, 0.3) is 11.6 Å². The third-order valence-corrected chi connectivity index (χ3v) is 4.94. The second kappa shape index (κ2) is 7.82. The molecule has 0 unspecified atom stereocenters. The zero-order valence-corrected chi connectivity index (χ0v) is 15.6. The van der Waals surface area contributed by atoms with Gasteiger partial charge in [-0.05, 0) is 24.3 Å². The number of non-ortho nitro benzene ring substituents is 1. The van der Waals surface area contributed by atoms with Gasteiger partial charge in [-0.2, -0.15) is 5.26 Å². The molecule has 0 saturated carbocycles. The molecular weight excluding hydrogens is 391 g/mol. The summed E-state index contributed by atoms with van der Waals surface area (Å²) < 4.78 is 0. The van der Waals surface area contributed by atoms with Crippen molar-refractivity contribution in [2.45, 2.75) is 0 Å². The number of halogens is 2. The molecule has 0 aliphatic carbocycles. The molecule has 0 spiro atoms. The number of anilines is 1. The number of piperazine rings is 1. The fraction of sp³-hybridized carbons (Fsp3) is 0.222. The number of rotatable bonds is 3. The van der Waals surface area contributed by atoms with Crippen LogP contribution >= 0.6 is 23.2 Å². The van der Waals surface area contributed by atoms with Crippen LogP contribution in [0.25, 0.3) is 0 Å². The first-order valence-corrected chi connectivity index (χ1v) is 8.84. The average Bonchev–Trinajstić information content (AvgIpc) is 2.68. The highest BCUT2D eigenvalue weighted by atomic mass is 35.5. The van der Waals surface area contributed by atoms with Crippen LogP contribution in [-0.4, -0.2) is 41.9 Å². The van der Waals surface area contributed by atoms with Crippen LogP contribution in [0.2, 0.25) is 10.0 Å². The predicted octanol–water partition coefficient (Wildman–Crippen LogP) is 3.74. The van der Waals surface area contributed by atoms with Crippen molar-refractivity contribution in [3.05, 3.63) is 67.7 Å². The largest absolute Gasteiger partial charge is 0.367 e. The number of carbonyl (C=O) groups is 1. The predicted molar refractivity (Wildman–Crippen MR) is 102 cm³/mol. The van der Waals surface area contributed by atoms with E-state index in [4.69, 9.17) is 23.2 Å². The Balaban J connectivity index is 1.74. The first-order valence-electron chi connectivity index (χ1n) is 8.08. The number of nitro groups is 1. The first kappa shape index (κ1) is 19.0. The van der Waals surface area contributed by atoms with Crippen LogP contribution in [0.15, 0.2) is 36.4 Å². The Morgan fingerprint density at radius 1 is 1.11 bits per heavy atom. The molecule has 0 aromatic heterocycles. The number of hydrogen-bond acceptors (Lipinski definition) is 5. The molecule has 7 nitrogen and oxygen atoms in total. The smallest absolute Gasteiger partial charge is 0.270 e. The van der Waals surface area contributed by atoms with E-state index in [2.05, 4.69) is 0 Å². The second-order valence-corrected chi connectivity index (χ2v) is 6.82. The van der Waals surface area contributed by atoms with Crippen molar-refractivity contribution in [1.29, 1.82) is 5.26 Å². The lowest BCUT2D eigenvalue weighted by Crippen LogP contribution is -2.49. The van der Waals surface area contributed by atoms with Crippen LogP contribution in [0, 0.1) is 21.4 Å². The van der Waals surface area contributed by atoms with Crippen molar-refractivity contribution in [3.8, 4) is 6.07 Å². The van der Waals surface area contributed by atoms with Gasteiger partial charge in [-0.15, -0.1) is 0 Å². The molecule has 2 aromatic rings. The lowest BCUT2D eigenvalue weighted by molar-refractivity contribution is -0.384. The number of nitro benzene ring substituents is 1. The van der Waals surface area contributed by atoms with Crippen LogP contribution < -0.4 is 4.90 Å². The molecule has 1 saturated heterocycles. The number of amides is 1. The molecule has 1 fully saturated rings. The summed E-state index contributed by atoms with van der Waals surface area (Å²) in [5.41, 5.74) is 1.09. The van der Waals surface area contributed by atoms with Crippen LogP contribution in [0.3, 0.4) is 0 Å². The third kappa shape index (κ3) is 3.97. The standard InChI is InChI=1S/C18H14Cl2N4O3/c19-13-1-3-16(20)15(10-13)18(25)23-7-5-22(6-8-23)17-4-2-14(24(26)27)9-12(17)11-21/h1-4,9-10H,5-8H2. The van der Waals surface area contributed by atoms with Gasteiger partial charge in [-0.1, -0.05) is 23.2 Å². The van der Waals surface area contributed by atoms with Crippen LogP contribution in [0.5, 0.6) is 0 Å². The maximum atomic E-state index is 12.7. The van der Waals surface area contributed by atoms with Crippen molar-refractivity contribution in [2.24, 2.45) is 0 Å². The van der Waals surface area contributed by atoms with Gasteiger partial charge in [0, 0.05) is 43.3 Å². The van der Waals surface area contributed by atoms with Gasteiger partial charge >= 0.3 is 0 Å². The number of benzene rings is 2. The van der Waals surface area contributed by atoms with Crippen molar-refractivity contribution in [2.75, 3.05) is 31.1 Å². The molecule has 138 valence electrons. The minimum absolute atomic E-state index is 0.125. The quantitative estimate of drug-likeness (QED) is 0.573. The number of nitrogens with zero attached hydrogens (tertiary/aromatic N) is 4. The lowest BCUT2D eigenvalue weighted by Gasteiger charge is -2.36. The normalized spacial score (nSPS) is 14.0. The number of nitriles is 1. The van der Waals surface area contributed by atoms with E-state index in [0.29, 0.717) is 47.5 Å². The summed E-state index contributed by atoms with van der Waals surface area (Å²) in [6.45, 7) is 1.86. The van der Waals surface area contributed by atoms with E-state index >= 15 is 0 Å². The van der Waals surface area contributed by atoms with Crippen molar-refractivity contribution in [3.63, 3.8) is 0 Å². The van der Waals surface area contributed by atoms with E-state index < -0.39 is 4.92 Å². The summed E-state index contributed by atoms with van der Waals surface area (Å²) in [5, 5.41) is 21.0. The van der Waals surface area contributed by atoms with Crippen LogP contribution in [-0.2, 0) is 0 Å². The van der Waals surface area contributed by atoms with Crippen molar-refractivity contribution < 1.29 is 9.72 Å². The third-order valence-electron chi connectivity index (χ3n) is 4.38. The van der Waals surface area contributed by atoms with E-state index in [9.17, 15) is 20.2 Å². The minimum atomic E-state index is -0.532. The Hall–Kier alpha value is -2.82. The molecular formula is C18H14Cl2N4O3. The number of carbonyl (C=O) groups excluding carboxylic acids is 1. The van der Waals surface area contributed by atoms with E-state index in [-0.39, 0.29) is 17.2 Å². The highest BCUT2D eigenvalue weighted by molar-refractivity contribution is 6.35. The van der Waals surface area contributed by atoms with Gasteiger partial charge in [-0.3, -0.25) is 14.9 Å². The second-order valence-electron chi connectivity index (χ2n) is 5.97. The van der Waals surface area contributed by atoms with Crippen molar-refractivity contribution >= 4 is 40.5 Å². The van der Waals surface area contributed by atoms with Gasteiger partial charge in [0.2, 0.25) is 0 Å². The summed E-state index contributed by atoms with van der Waals surface area (Å²) in [4.78, 5) is 26.7. The van der Waals surface area contributed by atoms with E-state index in [0.717, 1.165) is 0 Å². The number of hydrogen-bond donors (Lipinski definition) is 0. The van der Waals surface area contributed by atoms with Crippen molar-refractivity contribution in [1.82, 2.24) is 4.90 Å². The summed E-state index contributed by atoms with van der Waals surface area (Å²) in [7, 11) is 0. The zero-order chi connectivity index (χ0) is 19.6. The van der Waals surface area contributed by atoms with Gasteiger partial charge in [0.05, 0.1) is 26.8 Å². The molecule has 0 radical (unpaired) electrons. The topological polar surface area (TPSA) is 90.5 Å². The maximum absolute atomic E-state index is 12.7. The molecule has 2 aromatic carbocycles. The Labute approximate surface area is 165 Å². The fourth-order valence-corrected chi connectivity index (χ4v) is 3.36. The van der Waals surface area contributed by atoms with E-state index in [1.807, 2.05) is 11.0 Å². The highest BCUT2D eigenvalue weighted by Gasteiger charge is 2.25. The SMILES string of the molecule is N#Cc1cc([N+](=O)[O-])ccc1N1CCN(C(=O)c2cc(Cl)ccc2Cl)CC1. The molecule has 0 bridgehead atoms. The van der Waals surface area contributed by atoms with Gasteiger partial charge < -0.3 is 9.80 Å². The summed E-state index contributed by atoms with van der Waals surface area (Å²) in [6.07, 6.45) is 0. The average molecular weight is 405 g/mol. The summed E-state index contributed by atoms with van der Waals surface area (Å²) in [6, 6.07) is 11.0. The van der Waals surface area contributed by atoms with Gasteiger partial charge in [0.1, 0.15) is 6.07 Å². The summed E-state index contributed by atoms with van der Waals surface area (Å²) >= 11 is 12.1. The monoisotopic (exact) mass is 404 g/mol. The lowest BCUT2D eigenvalue weighted by atomic mass is 10.1. The van der Waals surface area contributed by atoms with E-state index in [1.165, 1.54) is 12.1 Å². The molecule has 1 heterocycles. The maximum Gasteiger partial charge on any atom is 0.270 e. The first-order chi connectivity index (χ1) is 12.9. The Kier molecular flexibility index (Phi) is 5.49. The summed E-state index contributed by atoms with van der Waals surface area (Å²) in [5.74, 6) is -0.202. The zero-order valence-electron chi connectivity index (χ0n) is 14.1. The molecule has 3 rings (SSSR count). The molecule has 27 heavy (non-hydrogen) atoms. The van der Waals surface area contributed by atoms with Gasteiger partial charge in [0.15, 0.2) is 0 Å². The molecule has 1 aliphatic heterocycles. The van der Waals surface area contributed by atoms with Gasteiger partial charge in [-0.25, -0.2) is 0 Å². The van der Waals surface area contributed by atoms with Crippen LogP contribution in [0.1, 0.15) is 15.9 Å². The van der Waals surface area contributed by atoms with E-state index in [1.54, 1.807) is 29.2 Å². The Morgan fingerprint density at radius 3 is 2.44 bits per heavy atom. The molecule has 0 atom stereocenters. The minimum Gasteiger partial charge on any atom is -0.367 e. The Bertz CT molecular complexity index is 950. The highest BCUT2D eigenvalue weighted by Crippen LogP contribution is 2.27. The molecule has 1 amide bonds. The Morgan fingerprint density at radius 2 is 1.81 bits per heavy atom. The molecule has 0 N–H and O–H groups in total. The molecule has 9 heteroatoms.